The summed E-state index contributed by atoms with van der Waals surface area (Å²) in [6.07, 6.45) is 0. The maximum absolute atomic E-state index is 4.29. The van der Waals surface area contributed by atoms with Crippen LogP contribution in [0.2, 0.25) is 0 Å². The van der Waals surface area contributed by atoms with E-state index in [0.717, 1.165) is 22.4 Å². The van der Waals surface area contributed by atoms with Crippen LogP contribution in [0.4, 0.5) is 11.6 Å². The van der Waals surface area contributed by atoms with Gasteiger partial charge in [-0.3, -0.25) is 0 Å². The van der Waals surface area contributed by atoms with Gasteiger partial charge in [0.1, 0.15) is 11.6 Å². The lowest BCUT2D eigenvalue weighted by Crippen LogP contribution is -1.98. The van der Waals surface area contributed by atoms with Gasteiger partial charge in [0.2, 0.25) is 0 Å². The molecule has 0 bridgehead atoms. The molecule has 2 aromatic carbocycles. The average Bonchev–Trinajstić information content (AvgIpc) is 2.86. The van der Waals surface area contributed by atoms with E-state index in [2.05, 4.69) is 65.0 Å². The highest BCUT2D eigenvalue weighted by Gasteiger charge is 2.23. The molecule has 0 aliphatic carbocycles. The van der Waals surface area contributed by atoms with Crippen LogP contribution in [0.5, 0.6) is 0 Å². The zero-order chi connectivity index (χ0) is 17.9. The van der Waals surface area contributed by atoms with Crippen molar-refractivity contribution < 1.29 is 0 Å². The van der Waals surface area contributed by atoms with Gasteiger partial charge in [-0.05, 0) is 99.1 Å². The molecule has 0 saturated heterocycles. The number of aromatic nitrogens is 1. The molecule has 124 valence electrons. The van der Waals surface area contributed by atoms with E-state index >= 15 is 0 Å². The second kappa shape index (κ2) is 5.30. The Morgan fingerprint density at radius 1 is 0.542 bits per heavy atom. The summed E-state index contributed by atoms with van der Waals surface area (Å²) in [6.45, 7) is 20.8. The maximum Gasteiger partial charge on any atom is 0.141 e. The summed E-state index contributed by atoms with van der Waals surface area (Å²) in [5.41, 5.74) is 7.94. The van der Waals surface area contributed by atoms with Crippen molar-refractivity contribution in [2.75, 3.05) is 0 Å². The summed E-state index contributed by atoms with van der Waals surface area (Å²) in [5, 5.41) is 4.97. The molecular formula is C21H25N3. The molecule has 3 heteroatoms. The summed E-state index contributed by atoms with van der Waals surface area (Å²) in [7, 11) is 1.98. The van der Waals surface area contributed by atoms with Gasteiger partial charge < -0.3 is 4.57 Å². The van der Waals surface area contributed by atoms with Crippen LogP contribution in [0.3, 0.4) is 0 Å². The fourth-order valence-electron chi connectivity index (χ4n) is 4.24. The first-order valence-corrected chi connectivity index (χ1v) is 8.22. The maximum atomic E-state index is 4.29. The first-order valence-electron chi connectivity index (χ1n) is 8.22. The number of rotatable bonds is 2. The van der Waals surface area contributed by atoms with E-state index in [9.17, 15) is 0 Å². The number of hydrogen-bond acceptors (Lipinski definition) is 2. The second-order valence-corrected chi connectivity index (χ2v) is 6.77. The molecule has 1 heterocycles. The van der Waals surface area contributed by atoms with Gasteiger partial charge in [0, 0.05) is 17.8 Å². The summed E-state index contributed by atoms with van der Waals surface area (Å²) in [5.74, 6) is 1.73. The number of fused-ring (bicyclic) bond motifs is 2. The Morgan fingerprint density at radius 2 is 0.875 bits per heavy atom. The van der Waals surface area contributed by atoms with Gasteiger partial charge in [-0.25, -0.2) is 9.98 Å². The Kier molecular flexibility index (Phi) is 3.63. The Morgan fingerprint density at radius 3 is 1.17 bits per heavy atom. The highest BCUT2D eigenvalue weighted by molar-refractivity contribution is 6.15. The second-order valence-electron chi connectivity index (χ2n) is 6.77. The summed E-state index contributed by atoms with van der Waals surface area (Å²) in [4.78, 5) is 8.59. The van der Waals surface area contributed by atoms with Crippen molar-refractivity contribution in [1.82, 2.24) is 4.57 Å². The van der Waals surface area contributed by atoms with Gasteiger partial charge in [0.15, 0.2) is 0 Å². The third-order valence-corrected chi connectivity index (χ3v) is 5.82. The minimum Gasteiger partial charge on any atom is -0.313 e. The van der Waals surface area contributed by atoms with Crippen LogP contribution in [-0.2, 0) is 7.05 Å². The molecule has 0 unspecified atom stereocenters. The third kappa shape index (κ3) is 1.78. The molecule has 0 spiro atoms. The van der Waals surface area contributed by atoms with Crippen LogP contribution in [0.15, 0.2) is 9.98 Å². The van der Waals surface area contributed by atoms with Crippen molar-refractivity contribution in [2.45, 2.75) is 41.5 Å². The van der Waals surface area contributed by atoms with Gasteiger partial charge in [-0.1, -0.05) is 0 Å². The van der Waals surface area contributed by atoms with Crippen molar-refractivity contribution in [1.29, 1.82) is 0 Å². The van der Waals surface area contributed by atoms with Crippen LogP contribution < -0.4 is 0 Å². The molecule has 3 rings (SSSR count). The third-order valence-electron chi connectivity index (χ3n) is 5.82. The lowest BCUT2D eigenvalue weighted by molar-refractivity contribution is 0.931. The largest absolute Gasteiger partial charge is 0.313 e. The van der Waals surface area contributed by atoms with Crippen molar-refractivity contribution >= 4 is 46.6 Å². The molecule has 0 atom stereocenters. The zero-order valence-electron chi connectivity index (χ0n) is 15.8. The molecule has 0 radical (unpaired) electrons. The Balaban J connectivity index is 2.81. The normalized spacial score (nSPS) is 11.5. The summed E-state index contributed by atoms with van der Waals surface area (Å²) < 4.78 is 1.99. The summed E-state index contributed by atoms with van der Waals surface area (Å²) in [6, 6.07) is 0. The number of hydrogen-bond donors (Lipinski definition) is 0. The number of benzene rings is 2. The molecular weight excluding hydrogens is 294 g/mol. The molecule has 24 heavy (non-hydrogen) atoms. The van der Waals surface area contributed by atoms with Gasteiger partial charge in [0.25, 0.3) is 0 Å². The Labute approximate surface area is 143 Å². The Bertz CT molecular complexity index is 967. The minimum absolute atomic E-state index is 0.866. The van der Waals surface area contributed by atoms with Crippen LogP contribution in [0, 0.1) is 41.5 Å². The van der Waals surface area contributed by atoms with E-state index < -0.39 is 0 Å². The van der Waals surface area contributed by atoms with Crippen molar-refractivity contribution in [3.05, 3.63) is 33.4 Å². The van der Waals surface area contributed by atoms with Gasteiger partial charge in [-0.15, -0.1) is 0 Å². The molecule has 0 aliphatic heterocycles. The lowest BCUT2D eigenvalue weighted by Gasteiger charge is -2.19. The molecule has 0 fully saturated rings. The molecule has 0 saturated carbocycles. The van der Waals surface area contributed by atoms with Crippen LogP contribution in [-0.4, -0.2) is 18.0 Å². The molecule has 1 aromatic heterocycles. The lowest BCUT2D eigenvalue weighted by atomic mass is 9.85. The summed E-state index contributed by atoms with van der Waals surface area (Å²) >= 11 is 0. The number of aliphatic imine (C=N–C) groups is 2. The highest BCUT2D eigenvalue weighted by atomic mass is 15.1. The van der Waals surface area contributed by atoms with E-state index in [1.54, 1.807) is 0 Å². The van der Waals surface area contributed by atoms with Crippen LogP contribution in [0.1, 0.15) is 33.4 Å². The predicted octanol–water partition coefficient (Wildman–Crippen LogP) is 5.85. The van der Waals surface area contributed by atoms with Crippen LogP contribution >= 0.6 is 0 Å². The number of nitrogens with zero attached hydrogens (tertiary/aromatic N) is 3. The van der Waals surface area contributed by atoms with Crippen molar-refractivity contribution in [3.8, 4) is 0 Å². The van der Waals surface area contributed by atoms with Gasteiger partial charge in [-0.2, -0.15) is 0 Å². The molecule has 3 aromatic rings. The molecule has 0 aliphatic rings. The quantitative estimate of drug-likeness (QED) is 0.531. The SMILES string of the molecule is C=Nc1c2c(C)c3c(C)c(C)c(C)c(C)c3c(C)c2c(N=C)n1C. The van der Waals surface area contributed by atoms with Crippen molar-refractivity contribution in [2.24, 2.45) is 17.0 Å². The molecule has 3 nitrogen and oxygen atoms in total. The van der Waals surface area contributed by atoms with Crippen LogP contribution in [0.25, 0.3) is 21.5 Å². The fraction of sp³-hybridized carbons (Fsp3) is 0.333. The molecule has 0 N–H and O–H groups in total. The Hall–Kier alpha value is -2.42. The predicted molar refractivity (Wildman–Crippen MR) is 107 cm³/mol. The standard InChI is InChI=1S/C21H25N3/c1-10-11(2)13(4)17-15(6)19-18(14(5)16(17)12(10)3)20(22-7)24(9)21(19)23-8/h7-8H2,1-6,9H3. The number of aryl methyl sites for hydroxylation is 4. The van der Waals surface area contributed by atoms with Crippen molar-refractivity contribution in [3.63, 3.8) is 0 Å². The average molecular weight is 319 g/mol. The topological polar surface area (TPSA) is 29.6 Å². The van der Waals surface area contributed by atoms with E-state index in [-0.39, 0.29) is 0 Å². The monoisotopic (exact) mass is 319 g/mol. The zero-order valence-corrected chi connectivity index (χ0v) is 15.8. The molecule has 0 amide bonds. The minimum atomic E-state index is 0.866. The first-order chi connectivity index (χ1) is 11.3. The first kappa shape index (κ1) is 16.4. The van der Waals surface area contributed by atoms with E-state index in [1.807, 2.05) is 11.6 Å². The highest BCUT2D eigenvalue weighted by Crippen LogP contribution is 2.46. The van der Waals surface area contributed by atoms with E-state index in [4.69, 9.17) is 0 Å². The smallest absolute Gasteiger partial charge is 0.141 e. The fourth-order valence-corrected chi connectivity index (χ4v) is 4.24. The van der Waals surface area contributed by atoms with Gasteiger partial charge >= 0.3 is 0 Å². The van der Waals surface area contributed by atoms with E-state index in [0.29, 0.717) is 0 Å². The van der Waals surface area contributed by atoms with Gasteiger partial charge in [0.05, 0.1) is 0 Å². The van der Waals surface area contributed by atoms with E-state index in [1.165, 1.54) is 44.2 Å².